The van der Waals surface area contributed by atoms with Gasteiger partial charge in [-0.2, -0.15) is 0 Å². The average molecular weight is 602 g/mol. The summed E-state index contributed by atoms with van der Waals surface area (Å²) in [6, 6.07) is 58.0. The molecular formula is C44H27NO2. The second-order valence-corrected chi connectivity index (χ2v) is 12.2. The number of rotatable bonds is 3. The Labute approximate surface area is 271 Å². The van der Waals surface area contributed by atoms with E-state index in [-0.39, 0.29) is 0 Å². The van der Waals surface area contributed by atoms with Gasteiger partial charge < -0.3 is 14.1 Å². The molecule has 0 saturated heterocycles. The normalized spacial score (nSPS) is 12.4. The van der Waals surface area contributed by atoms with Crippen LogP contribution >= 0.6 is 0 Å². The van der Waals surface area contributed by atoms with Gasteiger partial charge in [0.25, 0.3) is 0 Å². The summed E-state index contributed by atoms with van der Waals surface area (Å²) in [5.74, 6) is 1.70. The third-order valence-electron chi connectivity index (χ3n) is 9.41. The summed E-state index contributed by atoms with van der Waals surface area (Å²) in [5.41, 5.74) is 9.57. The maximum Gasteiger partial charge on any atom is 0.159 e. The SMILES string of the molecule is c1ccc(-c2ccc3cc(N4c5cc(-c6ccc7oc8ccccc8c7c6)ccc5Oc5c4ccc4ccccc54)ccc3c2)cc1. The van der Waals surface area contributed by atoms with Crippen LogP contribution in [0.2, 0.25) is 0 Å². The Hall–Kier alpha value is -6.32. The molecular weight excluding hydrogens is 574 g/mol. The summed E-state index contributed by atoms with van der Waals surface area (Å²) < 4.78 is 12.9. The highest BCUT2D eigenvalue weighted by atomic mass is 16.5. The number of para-hydroxylation sites is 1. The fourth-order valence-electron chi connectivity index (χ4n) is 7.08. The predicted molar refractivity (Wildman–Crippen MR) is 194 cm³/mol. The lowest BCUT2D eigenvalue weighted by Crippen LogP contribution is -2.16. The Morgan fingerprint density at radius 3 is 2.00 bits per heavy atom. The molecule has 0 aliphatic carbocycles. The lowest BCUT2D eigenvalue weighted by atomic mass is 9.98. The second-order valence-electron chi connectivity index (χ2n) is 12.2. The molecule has 0 fully saturated rings. The molecule has 3 heteroatoms. The van der Waals surface area contributed by atoms with E-state index < -0.39 is 0 Å². The number of furan rings is 1. The van der Waals surface area contributed by atoms with E-state index in [1.807, 2.05) is 12.1 Å². The highest BCUT2D eigenvalue weighted by molar-refractivity contribution is 6.07. The largest absolute Gasteiger partial charge is 0.456 e. The van der Waals surface area contributed by atoms with Gasteiger partial charge in [-0.25, -0.2) is 0 Å². The highest BCUT2D eigenvalue weighted by Crippen LogP contribution is 2.54. The summed E-state index contributed by atoms with van der Waals surface area (Å²) in [7, 11) is 0. The van der Waals surface area contributed by atoms with E-state index in [1.165, 1.54) is 21.9 Å². The van der Waals surface area contributed by atoms with Crippen LogP contribution in [0.3, 0.4) is 0 Å². The molecule has 8 aromatic carbocycles. The topological polar surface area (TPSA) is 25.6 Å². The first-order chi connectivity index (χ1) is 23.3. The number of ether oxygens (including phenoxy) is 1. The van der Waals surface area contributed by atoms with Crippen LogP contribution in [0.4, 0.5) is 17.1 Å². The molecule has 0 bridgehead atoms. The van der Waals surface area contributed by atoms with Crippen molar-refractivity contribution >= 4 is 60.5 Å². The van der Waals surface area contributed by atoms with Crippen molar-refractivity contribution in [2.45, 2.75) is 0 Å². The van der Waals surface area contributed by atoms with E-state index in [4.69, 9.17) is 9.15 Å². The van der Waals surface area contributed by atoms with Crippen LogP contribution in [0.1, 0.15) is 0 Å². The van der Waals surface area contributed by atoms with Crippen molar-refractivity contribution in [2.75, 3.05) is 4.90 Å². The summed E-state index contributed by atoms with van der Waals surface area (Å²) in [6.07, 6.45) is 0. The monoisotopic (exact) mass is 601 g/mol. The molecule has 1 aliphatic rings. The van der Waals surface area contributed by atoms with Crippen molar-refractivity contribution in [1.82, 2.24) is 0 Å². The molecule has 0 amide bonds. The van der Waals surface area contributed by atoms with E-state index in [1.54, 1.807) is 0 Å². The van der Waals surface area contributed by atoms with Crippen LogP contribution in [0.25, 0.3) is 65.7 Å². The first kappa shape index (κ1) is 26.0. The van der Waals surface area contributed by atoms with Gasteiger partial charge in [-0.3, -0.25) is 0 Å². The lowest BCUT2D eigenvalue weighted by Gasteiger charge is -2.34. The first-order valence-corrected chi connectivity index (χ1v) is 15.9. The Balaban J connectivity index is 1.15. The molecule has 0 spiro atoms. The van der Waals surface area contributed by atoms with Gasteiger partial charge in [0.05, 0.1) is 11.4 Å². The minimum atomic E-state index is 0.826. The van der Waals surface area contributed by atoms with E-state index in [0.717, 1.165) is 72.4 Å². The van der Waals surface area contributed by atoms with Crippen LogP contribution in [-0.2, 0) is 0 Å². The number of hydrogen-bond acceptors (Lipinski definition) is 3. The van der Waals surface area contributed by atoms with Gasteiger partial charge in [0.2, 0.25) is 0 Å². The van der Waals surface area contributed by atoms with Crippen molar-refractivity contribution < 1.29 is 9.15 Å². The fraction of sp³-hybridized carbons (Fsp3) is 0. The smallest absolute Gasteiger partial charge is 0.159 e. The Morgan fingerprint density at radius 1 is 0.383 bits per heavy atom. The van der Waals surface area contributed by atoms with Crippen molar-refractivity contribution in [2.24, 2.45) is 0 Å². The summed E-state index contributed by atoms with van der Waals surface area (Å²) >= 11 is 0. The molecule has 0 atom stereocenters. The number of benzene rings is 8. The van der Waals surface area contributed by atoms with Crippen LogP contribution in [0.15, 0.2) is 168 Å². The highest BCUT2D eigenvalue weighted by Gasteiger charge is 2.28. The Morgan fingerprint density at radius 2 is 1.06 bits per heavy atom. The number of nitrogens with zero attached hydrogens (tertiary/aromatic N) is 1. The molecule has 0 unspecified atom stereocenters. The van der Waals surface area contributed by atoms with Crippen molar-refractivity contribution in [1.29, 1.82) is 0 Å². The van der Waals surface area contributed by atoms with Gasteiger partial charge in [0.15, 0.2) is 11.5 Å². The zero-order chi connectivity index (χ0) is 30.9. The predicted octanol–water partition coefficient (Wildman–Crippen LogP) is 12.8. The number of fused-ring (bicyclic) bond motifs is 8. The minimum absolute atomic E-state index is 0.826. The van der Waals surface area contributed by atoms with E-state index >= 15 is 0 Å². The minimum Gasteiger partial charge on any atom is -0.456 e. The molecule has 220 valence electrons. The molecule has 1 aromatic heterocycles. The van der Waals surface area contributed by atoms with Crippen LogP contribution in [0.5, 0.6) is 11.5 Å². The summed E-state index contributed by atoms with van der Waals surface area (Å²) in [5, 5.41) is 6.88. The van der Waals surface area contributed by atoms with Crippen molar-refractivity contribution in [3.05, 3.63) is 164 Å². The van der Waals surface area contributed by atoms with E-state index in [9.17, 15) is 0 Å². The van der Waals surface area contributed by atoms with Gasteiger partial charge in [-0.1, -0.05) is 109 Å². The molecule has 1 aliphatic heterocycles. The molecule has 10 rings (SSSR count). The van der Waals surface area contributed by atoms with Gasteiger partial charge in [-0.05, 0) is 93.0 Å². The second kappa shape index (κ2) is 10.1. The third-order valence-corrected chi connectivity index (χ3v) is 9.41. The van der Waals surface area contributed by atoms with Gasteiger partial charge in [0.1, 0.15) is 11.2 Å². The van der Waals surface area contributed by atoms with E-state index in [0.29, 0.717) is 0 Å². The fourth-order valence-corrected chi connectivity index (χ4v) is 7.08. The lowest BCUT2D eigenvalue weighted by molar-refractivity contribution is 0.482. The Kier molecular flexibility index (Phi) is 5.57. The zero-order valence-electron chi connectivity index (χ0n) is 25.4. The van der Waals surface area contributed by atoms with Crippen LogP contribution in [0, 0.1) is 0 Å². The van der Waals surface area contributed by atoms with Crippen molar-refractivity contribution in [3.8, 4) is 33.8 Å². The van der Waals surface area contributed by atoms with Crippen molar-refractivity contribution in [3.63, 3.8) is 0 Å². The Bertz CT molecular complexity index is 2670. The molecule has 2 heterocycles. The number of anilines is 3. The quantitative estimate of drug-likeness (QED) is 0.201. The van der Waals surface area contributed by atoms with E-state index in [2.05, 4.69) is 157 Å². The molecule has 0 N–H and O–H groups in total. The summed E-state index contributed by atoms with van der Waals surface area (Å²) in [4.78, 5) is 2.35. The standard InChI is InChI=1S/C44H27NO2/c1-2-8-28(9-3-1)30-14-15-32-25-35(20-16-31(32)24-30)45-39-21-17-29-10-4-5-11-36(29)44(39)47-43-23-19-34(27-40(43)45)33-18-22-42-38(26-33)37-12-6-7-13-41(37)46-42/h1-27H. The zero-order valence-corrected chi connectivity index (χ0v) is 25.4. The maximum atomic E-state index is 6.74. The average Bonchev–Trinajstić information content (AvgIpc) is 3.51. The molecule has 0 radical (unpaired) electrons. The summed E-state index contributed by atoms with van der Waals surface area (Å²) in [6.45, 7) is 0. The molecule has 47 heavy (non-hydrogen) atoms. The van der Waals surface area contributed by atoms with Gasteiger partial charge in [-0.15, -0.1) is 0 Å². The van der Waals surface area contributed by atoms with Crippen LogP contribution < -0.4 is 9.64 Å². The first-order valence-electron chi connectivity index (χ1n) is 15.9. The van der Waals surface area contributed by atoms with Gasteiger partial charge >= 0.3 is 0 Å². The third kappa shape index (κ3) is 4.14. The van der Waals surface area contributed by atoms with Gasteiger partial charge in [0, 0.05) is 21.8 Å². The molecule has 9 aromatic rings. The molecule has 0 saturated carbocycles. The van der Waals surface area contributed by atoms with Crippen LogP contribution in [-0.4, -0.2) is 0 Å². The maximum absolute atomic E-state index is 6.74. The number of hydrogen-bond donors (Lipinski definition) is 0. The molecule has 3 nitrogen and oxygen atoms in total.